The lowest BCUT2D eigenvalue weighted by Gasteiger charge is -2.36. The molecule has 2 aromatic rings. The number of benzene rings is 1. The van der Waals surface area contributed by atoms with Gasteiger partial charge in [0.05, 0.1) is 17.1 Å². The van der Waals surface area contributed by atoms with Crippen molar-refractivity contribution in [1.82, 2.24) is 10.2 Å². The molecule has 6 heteroatoms. The summed E-state index contributed by atoms with van der Waals surface area (Å²) in [6.07, 6.45) is 0. The fourth-order valence-electron chi connectivity index (χ4n) is 2.55. The van der Waals surface area contributed by atoms with Gasteiger partial charge in [-0.2, -0.15) is 5.10 Å². The van der Waals surface area contributed by atoms with Crippen LogP contribution in [0, 0.1) is 0 Å². The molecule has 2 N–H and O–H groups in total. The first kappa shape index (κ1) is 12.5. The van der Waals surface area contributed by atoms with Crippen LogP contribution < -0.4 is 9.80 Å². The van der Waals surface area contributed by atoms with Crippen LogP contribution >= 0.6 is 0 Å². The van der Waals surface area contributed by atoms with Gasteiger partial charge in [0.1, 0.15) is 5.69 Å². The summed E-state index contributed by atoms with van der Waals surface area (Å²) in [4.78, 5) is 15.3. The highest BCUT2D eigenvalue weighted by molar-refractivity contribution is 5.91. The van der Waals surface area contributed by atoms with Crippen LogP contribution in [0.5, 0.6) is 0 Å². The number of H-pyrrole nitrogens is 1. The number of hydrogen-bond donors (Lipinski definition) is 2. The summed E-state index contributed by atoms with van der Waals surface area (Å²) in [5, 5.41) is 15.7. The minimum Gasteiger partial charge on any atom is -0.477 e. The number of rotatable bonds is 2. The van der Waals surface area contributed by atoms with Gasteiger partial charge in [0, 0.05) is 32.7 Å². The highest BCUT2D eigenvalue weighted by atomic mass is 16.4. The Bertz CT molecular complexity index is 665. The number of carboxylic acids is 1. The van der Waals surface area contributed by atoms with Crippen LogP contribution in [0.4, 0.5) is 11.4 Å². The topological polar surface area (TPSA) is 72.5 Å². The maximum Gasteiger partial charge on any atom is 0.353 e. The third-order valence-electron chi connectivity index (χ3n) is 3.66. The first-order chi connectivity index (χ1) is 9.58. The molecule has 1 aromatic carbocycles. The third-order valence-corrected chi connectivity index (χ3v) is 3.66. The van der Waals surface area contributed by atoms with Crippen LogP contribution in [0.15, 0.2) is 24.3 Å². The van der Waals surface area contributed by atoms with E-state index in [-0.39, 0.29) is 5.69 Å². The van der Waals surface area contributed by atoms with E-state index in [0.29, 0.717) is 5.69 Å². The maximum absolute atomic E-state index is 11.0. The molecule has 0 spiro atoms. The smallest absolute Gasteiger partial charge is 0.353 e. The van der Waals surface area contributed by atoms with Gasteiger partial charge in [-0.15, -0.1) is 0 Å². The number of carboxylic acid groups (broad SMARTS) is 1. The zero-order valence-corrected chi connectivity index (χ0v) is 11.4. The molecule has 1 aliphatic rings. The third kappa shape index (κ3) is 1.89. The number of para-hydroxylation sites is 1. The van der Waals surface area contributed by atoms with Crippen molar-refractivity contribution in [3.05, 3.63) is 30.0 Å². The Balaban J connectivity index is 2.14. The average Bonchev–Trinajstić information content (AvgIpc) is 2.92. The number of nitrogens with zero attached hydrogens (tertiary/aromatic N) is 3. The Morgan fingerprint density at radius 2 is 2.05 bits per heavy atom. The van der Waals surface area contributed by atoms with Gasteiger partial charge in [0.2, 0.25) is 0 Å². The highest BCUT2D eigenvalue weighted by Gasteiger charge is 2.22. The van der Waals surface area contributed by atoms with E-state index in [9.17, 15) is 4.79 Å². The maximum atomic E-state index is 11.0. The Labute approximate surface area is 116 Å². The van der Waals surface area contributed by atoms with Crippen molar-refractivity contribution in [1.29, 1.82) is 0 Å². The molecular formula is C14H16N4O2. The van der Waals surface area contributed by atoms with Gasteiger partial charge >= 0.3 is 5.97 Å². The molecule has 0 radical (unpaired) electrons. The number of hydrogen-bond acceptors (Lipinski definition) is 4. The van der Waals surface area contributed by atoms with E-state index in [1.165, 1.54) is 0 Å². The van der Waals surface area contributed by atoms with E-state index in [1.807, 2.05) is 19.2 Å². The molecule has 104 valence electrons. The predicted octanol–water partition coefficient (Wildman–Crippen LogP) is 1.66. The molecule has 0 saturated heterocycles. The zero-order chi connectivity index (χ0) is 14.3. The SMILES string of the molecule is CN1CCN(C)c2c(-c3cc(C(=O)O)[nH]n3)cccc21. The minimum atomic E-state index is -1.00. The lowest BCUT2D eigenvalue weighted by Crippen LogP contribution is -2.37. The summed E-state index contributed by atoms with van der Waals surface area (Å²) in [5.74, 6) is -1.00. The molecule has 0 amide bonds. The quantitative estimate of drug-likeness (QED) is 0.870. The standard InChI is InChI=1S/C14H16N4O2/c1-17-6-7-18(2)13-9(4-3-5-12(13)17)10-8-11(14(19)20)16-15-10/h3-5,8H,6-7H2,1-2H3,(H,15,16)(H,19,20). The van der Waals surface area contributed by atoms with Gasteiger partial charge in [0.25, 0.3) is 0 Å². The lowest BCUT2D eigenvalue weighted by atomic mass is 10.0. The molecule has 1 aromatic heterocycles. The number of aromatic carboxylic acids is 1. The average molecular weight is 272 g/mol. The number of aromatic nitrogens is 2. The van der Waals surface area contributed by atoms with Crippen LogP contribution in [0.25, 0.3) is 11.3 Å². The Hall–Kier alpha value is -2.50. The Morgan fingerprint density at radius 3 is 2.75 bits per heavy atom. The molecule has 0 unspecified atom stereocenters. The number of fused-ring (bicyclic) bond motifs is 1. The lowest BCUT2D eigenvalue weighted by molar-refractivity contribution is 0.0690. The second kappa shape index (κ2) is 4.56. The number of likely N-dealkylation sites (N-methyl/N-ethyl adjacent to an activating group) is 2. The second-order valence-corrected chi connectivity index (χ2v) is 4.99. The van der Waals surface area contributed by atoms with Crippen LogP contribution in [0.2, 0.25) is 0 Å². The van der Waals surface area contributed by atoms with Gasteiger partial charge in [-0.1, -0.05) is 12.1 Å². The fraction of sp³-hybridized carbons (Fsp3) is 0.286. The fourth-order valence-corrected chi connectivity index (χ4v) is 2.55. The van der Waals surface area contributed by atoms with E-state index in [0.717, 1.165) is 30.0 Å². The molecular weight excluding hydrogens is 256 g/mol. The Kier molecular flexibility index (Phi) is 2.85. The number of carbonyl (C=O) groups is 1. The van der Waals surface area contributed by atoms with Crippen molar-refractivity contribution < 1.29 is 9.90 Å². The number of nitrogens with one attached hydrogen (secondary N) is 1. The van der Waals surface area contributed by atoms with E-state index in [4.69, 9.17) is 5.11 Å². The summed E-state index contributed by atoms with van der Waals surface area (Å²) in [5.41, 5.74) is 3.92. The van der Waals surface area contributed by atoms with Gasteiger partial charge in [0.15, 0.2) is 0 Å². The van der Waals surface area contributed by atoms with Crippen LogP contribution in [0.3, 0.4) is 0 Å². The molecule has 0 atom stereocenters. The van der Waals surface area contributed by atoms with Crippen molar-refractivity contribution in [2.75, 3.05) is 37.0 Å². The molecule has 20 heavy (non-hydrogen) atoms. The molecule has 0 bridgehead atoms. The molecule has 2 heterocycles. The van der Waals surface area contributed by atoms with Crippen LogP contribution in [-0.2, 0) is 0 Å². The van der Waals surface area contributed by atoms with Gasteiger partial charge in [-0.05, 0) is 12.1 Å². The van der Waals surface area contributed by atoms with Gasteiger partial charge < -0.3 is 14.9 Å². The largest absolute Gasteiger partial charge is 0.477 e. The first-order valence-corrected chi connectivity index (χ1v) is 6.42. The normalized spacial score (nSPS) is 14.3. The van der Waals surface area contributed by atoms with E-state index < -0.39 is 5.97 Å². The van der Waals surface area contributed by atoms with Crippen molar-refractivity contribution >= 4 is 17.3 Å². The summed E-state index contributed by atoms with van der Waals surface area (Å²) < 4.78 is 0. The van der Waals surface area contributed by atoms with Crippen LogP contribution in [-0.4, -0.2) is 48.5 Å². The molecule has 0 fully saturated rings. The van der Waals surface area contributed by atoms with E-state index in [1.54, 1.807) is 6.07 Å². The predicted molar refractivity (Wildman–Crippen MR) is 77.5 cm³/mol. The van der Waals surface area contributed by atoms with E-state index >= 15 is 0 Å². The monoisotopic (exact) mass is 272 g/mol. The molecule has 1 aliphatic heterocycles. The summed E-state index contributed by atoms with van der Waals surface area (Å²) in [7, 11) is 4.10. The summed E-state index contributed by atoms with van der Waals surface area (Å²) in [6.45, 7) is 1.89. The summed E-state index contributed by atoms with van der Waals surface area (Å²) in [6, 6.07) is 7.58. The highest BCUT2D eigenvalue weighted by Crippen LogP contribution is 2.39. The summed E-state index contributed by atoms with van der Waals surface area (Å²) >= 11 is 0. The first-order valence-electron chi connectivity index (χ1n) is 6.42. The van der Waals surface area contributed by atoms with Gasteiger partial charge in [-0.25, -0.2) is 4.79 Å². The van der Waals surface area contributed by atoms with Crippen molar-refractivity contribution in [2.45, 2.75) is 0 Å². The second-order valence-electron chi connectivity index (χ2n) is 4.99. The zero-order valence-electron chi connectivity index (χ0n) is 11.4. The molecule has 0 aliphatic carbocycles. The van der Waals surface area contributed by atoms with E-state index in [2.05, 4.69) is 33.1 Å². The number of anilines is 2. The van der Waals surface area contributed by atoms with Crippen molar-refractivity contribution in [2.24, 2.45) is 0 Å². The van der Waals surface area contributed by atoms with Crippen molar-refractivity contribution in [3.63, 3.8) is 0 Å². The number of aromatic amines is 1. The van der Waals surface area contributed by atoms with Gasteiger partial charge in [-0.3, -0.25) is 5.10 Å². The minimum absolute atomic E-state index is 0.101. The van der Waals surface area contributed by atoms with Crippen molar-refractivity contribution in [3.8, 4) is 11.3 Å². The van der Waals surface area contributed by atoms with Crippen LogP contribution in [0.1, 0.15) is 10.5 Å². The molecule has 0 saturated carbocycles. The Morgan fingerprint density at radius 1 is 1.30 bits per heavy atom. The molecule has 3 rings (SSSR count). The molecule has 6 nitrogen and oxygen atoms in total.